The molecule has 0 saturated carbocycles. The van der Waals surface area contributed by atoms with Crippen molar-refractivity contribution in [1.29, 1.82) is 0 Å². The van der Waals surface area contributed by atoms with Gasteiger partial charge in [-0.15, -0.1) is 0 Å². The Morgan fingerprint density at radius 1 is 1.40 bits per heavy atom. The fourth-order valence-corrected chi connectivity index (χ4v) is 1.50. The van der Waals surface area contributed by atoms with Gasteiger partial charge in [0.2, 0.25) is 5.88 Å². The average molecular weight is 223 g/mol. The van der Waals surface area contributed by atoms with Gasteiger partial charge in [0.25, 0.3) is 0 Å². The van der Waals surface area contributed by atoms with Gasteiger partial charge in [0.15, 0.2) is 0 Å². The molecule has 0 N–H and O–H groups in total. The Bertz CT molecular complexity index is 426. The topological polar surface area (TPSA) is 35.0 Å². The molecule has 0 fully saturated rings. The van der Waals surface area contributed by atoms with E-state index in [0.717, 1.165) is 18.6 Å². The standard InChI is InChI=1S/C11H11ClN2O/c1-8-4-2-3-5-9(8)15-11-6-10(12)13-7-14-11/h3,5-7H,2,4H2,1H3. The van der Waals surface area contributed by atoms with Gasteiger partial charge in [0.05, 0.1) is 0 Å². The fraction of sp³-hybridized carbons (Fsp3) is 0.273. The van der Waals surface area contributed by atoms with Gasteiger partial charge in [-0.05, 0) is 31.4 Å². The molecule has 1 aromatic rings. The van der Waals surface area contributed by atoms with Crippen LogP contribution in [0, 0.1) is 0 Å². The summed E-state index contributed by atoms with van der Waals surface area (Å²) in [7, 11) is 0. The number of nitrogens with zero attached hydrogens (tertiary/aromatic N) is 2. The first-order valence-corrected chi connectivity index (χ1v) is 5.15. The third-order valence-corrected chi connectivity index (χ3v) is 2.41. The molecule has 0 aliphatic heterocycles. The maximum absolute atomic E-state index is 5.73. The van der Waals surface area contributed by atoms with E-state index in [1.165, 1.54) is 11.9 Å². The molecule has 1 aromatic heterocycles. The summed E-state index contributed by atoms with van der Waals surface area (Å²) < 4.78 is 5.61. The Hall–Kier alpha value is -1.35. The van der Waals surface area contributed by atoms with Crippen LogP contribution < -0.4 is 4.74 Å². The van der Waals surface area contributed by atoms with E-state index >= 15 is 0 Å². The first kappa shape index (κ1) is 10.2. The number of allylic oxidation sites excluding steroid dienone is 3. The summed E-state index contributed by atoms with van der Waals surface area (Å²) in [6.07, 6.45) is 7.55. The summed E-state index contributed by atoms with van der Waals surface area (Å²) in [4.78, 5) is 7.77. The van der Waals surface area contributed by atoms with Crippen LogP contribution in [0.3, 0.4) is 0 Å². The van der Waals surface area contributed by atoms with E-state index in [-0.39, 0.29) is 0 Å². The Morgan fingerprint density at radius 3 is 3.00 bits per heavy atom. The highest BCUT2D eigenvalue weighted by Gasteiger charge is 2.07. The van der Waals surface area contributed by atoms with Crippen molar-refractivity contribution in [3.63, 3.8) is 0 Å². The van der Waals surface area contributed by atoms with Gasteiger partial charge in [0, 0.05) is 6.07 Å². The third-order valence-electron chi connectivity index (χ3n) is 2.20. The molecule has 4 heteroatoms. The number of halogens is 1. The van der Waals surface area contributed by atoms with Gasteiger partial charge in [0.1, 0.15) is 17.2 Å². The van der Waals surface area contributed by atoms with Gasteiger partial charge < -0.3 is 4.74 Å². The fourth-order valence-electron chi connectivity index (χ4n) is 1.36. The largest absolute Gasteiger partial charge is 0.439 e. The van der Waals surface area contributed by atoms with Crippen molar-refractivity contribution in [2.75, 3.05) is 0 Å². The Balaban J connectivity index is 2.18. The molecule has 3 nitrogen and oxygen atoms in total. The van der Waals surface area contributed by atoms with Gasteiger partial charge in [-0.25, -0.2) is 9.97 Å². The molecule has 0 amide bonds. The zero-order chi connectivity index (χ0) is 10.7. The molecule has 1 aliphatic rings. The highest BCUT2D eigenvalue weighted by Crippen LogP contribution is 2.21. The molecule has 15 heavy (non-hydrogen) atoms. The van der Waals surface area contributed by atoms with Crippen molar-refractivity contribution < 1.29 is 4.74 Å². The van der Waals surface area contributed by atoms with Crippen LogP contribution in [-0.2, 0) is 0 Å². The molecule has 0 bridgehead atoms. The summed E-state index contributed by atoms with van der Waals surface area (Å²) in [6.45, 7) is 2.06. The molecule has 0 radical (unpaired) electrons. The van der Waals surface area contributed by atoms with Crippen molar-refractivity contribution in [1.82, 2.24) is 9.97 Å². The number of aromatic nitrogens is 2. The van der Waals surface area contributed by atoms with Gasteiger partial charge >= 0.3 is 0 Å². The molecule has 2 rings (SSSR count). The monoisotopic (exact) mass is 222 g/mol. The SMILES string of the molecule is CC1=C(Oc2cc(Cl)ncn2)C=CCC1. The Morgan fingerprint density at radius 2 is 2.27 bits per heavy atom. The number of ether oxygens (including phenoxy) is 1. The number of rotatable bonds is 2. The summed E-state index contributed by atoms with van der Waals surface area (Å²) in [5.74, 6) is 1.34. The molecular weight excluding hydrogens is 212 g/mol. The van der Waals surface area contributed by atoms with Crippen LogP contribution in [0.5, 0.6) is 5.88 Å². The van der Waals surface area contributed by atoms with E-state index in [2.05, 4.69) is 23.0 Å². The zero-order valence-electron chi connectivity index (χ0n) is 8.40. The lowest BCUT2D eigenvalue weighted by molar-refractivity contribution is 0.414. The maximum atomic E-state index is 5.73. The molecule has 1 aliphatic carbocycles. The minimum absolute atomic E-state index is 0.387. The first-order valence-electron chi connectivity index (χ1n) is 4.77. The molecule has 0 aromatic carbocycles. The second-order valence-corrected chi connectivity index (χ2v) is 3.75. The average Bonchev–Trinajstić information content (AvgIpc) is 2.22. The second kappa shape index (κ2) is 4.45. The third kappa shape index (κ3) is 2.57. The van der Waals surface area contributed by atoms with Crippen LogP contribution in [0.1, 0.15) is 19.8 Å². The quantitative estimate of drug-likeness (QED) is 0.722. The lowest BCUT2D eigenvalue weighted by Crippen LogP contribution is -2.01. The summed E-state index contributed by atoms with van der Waals surface area (Å²) >= 11 is 5.73. The summed E-state index contributed by atoms with van der Waals surface area (Å²) in [5.41, 5.74) is 1.23. The lowest BCUT2D eigenvalue weighted by Gasteiger charge is -2.12. The Labute approximate surface area is 93.5 Å². The molecule has 78 valence electrons. The van der Waals surface area contributed by atoms with Gasteiger partial charge in [-0.3, -0.25) is 0 Å². The molecule has 0 saturated heterocycles. The van der Waals surface area contributed by atoms with Crippen molar-refractivity contribution >= 4 is 11.6 Å². The highest BCUT2D eigenvalue weighted by atomic mass is 35.5. The van der Waals surface area contributed by atoms with Crippen molar-refractivity contribution in [3.8, 4) is 5.88 Å². The predicted molar refractivity (Wildman–Crippen MR) is 58.7 cm³/mol. The van der Waals surface area contributed by atoms with Crippen LogP contribution >= 0.6 is 11.6 Å². The van der Waals surface area contributed by atoms with Gasteiger partial charge in [-0.2, -0.15) is 0 Å². The number of hydrogen-bond acceptors (Lipinski definition) is 3. The van der Waals surface area contributed by atoms with Crippen LogP contribution in [0.15, 0.2) is 35.9 Å². The van der Waals surface area contributed by atoms with Crippen molar-refractivity contribution in [2.24, 2.45) is 0 Å². The second-order valence-electron chi connectivity index (χ2n) is 3.37. The lowest BCUT2D eigenvalue weighted by atomic mass is 10.1. The van der Waals surface area contributed by atoms with Crippen LogP contribution in [0.4, 0.5) is 0 Å². The maximum Gasteiger partial charge on any atom is 0.223 e. The molecule has 1 heterocycles. The van der Waals surface area contributed by atoms with Crippen molar-refractivity contribution in [3.05, 3.63) is 41.0 Å². The smallest absolute Gasteiger partial charge is 0.223 e. The minimum Gasteiger partial charge on any atom is -0.439 e. The van der Waals surface area contributed by atoms with E-state index in [4.69, 9.17) is 16.3 Å². The molecule has 0 atom stereocenters. The van der Waals surface area contributed by atoms with E-state index in [1.807, 2.05) is 6.08 Å². The highest BCUT2D eigenvalue weighted by molar-refractivity contribution is 6.29. The predicted octanol–water partition coefficient (Wildman–Crippen LogP) is 3.13. The van der Waals surface area contributed by atoms with Crippen molar-refractivity contribution in [2.45, 2.75) is 19.8 Å². The zero-order valence-corrected chi connectivity index (χ0v) is 9.16. The Kier molecular flexibility index (Phi) is 3.02. The van der Waals surface area contributed by atoms with Crippen LogP contribution in [0.2, 0.25) is 5.15 Å². The van der Waals surface area contributed by atoms with Crippen LogP contribution in [-0.4, -0.2) is 9.97 Å². The summed E-state index contributed by atoms with van der Waals surface area (Å²) in [5, 5.41) is 0.387. The van der Waals surface area contributed by atoms with E-state index in [1.54, 1.807) is 6.07 Å². The van der Waals surface area contributed by atoms with E-state index < -0.39 is 0 Å². The molecule has 0 unspecified atom stereocenters. The minimum atomic E-state index is 0.387. The van der Waals surface area contributed by atoms with Gasteiger partial charge in [-0.1, -0.05) is 17.7 Å². The molecule has 0 spiro atoms. The normalized spacial score (nSPS) is 15.6. The first-order chi connectivity index (χ1) is 7.25. The van der Waals surface area contributed by atoms with Crippen LogP contribution in [0.25, 0.3) is 0 Å². The summed E-state index contributed by atoms with van der Waals surface area (Å²) in [6, 6.07) is 1.60. The molecular formula is C11H11ClN2O. The van der Waals surface area contributed by atoms with E-state index in [0.29, 0.717) is 11.0 Å². The number of hydrogen-bond donors (Lipinski definition) is 0. The van der Waals surface area contributed by atoms with E-state index in [9.17, 15) is 0 Å².